The summed E-state index contributed by atoms with van der Waals surface area (Å²) in [6.07, 6.45) is 0. The van der Waals surface area contributed by atoms with Crippen molar-refractivity contribution in [2.75, 3.05) is 5.32 Å². The van der Waals surface area contributed by atoms with Gasteiger partial charge in [0.1, 0.15) is 0 Å². The molecule has 1 rings (SSSR count). The number of hydrogen-bond donors (Lipinski definition) is 3. The lowest BCUT2D eigenvalue weighted by Gasteiger charge is -2.26. The second-order valence-corrected chi connectivity index (χ2v) is 7.02. The summed E-state index contributed by atoms with van der Waals surface area (Å²) in [5.74, 6) is 0.452. The summed E-state index contributed by atoms with van der Waals surface area (Å²) in [6.45, 7) is 11.9. The van der Waals surface area contributed by atoms with E-state index in [-0.39, 0.29) is 21.7 Å². The fraction of sp³-hybridized carbons (Fsp3) is 0.615. The molecular weight excluding hydrogens is 260 g/mol. The third-order valence-electron chi connectivity index (χ3n) is 2.54. The standard InChI is InChI=1S/C13H22N4OS/c1-12(2,3)8-7(18)9(13(4,5)6)16-11(15-8)17-10(14)19/h18H,1-6H3,(H3,14,15,16,17,19). The van der Waals surface area contributed by atoms with Gasteiger partial charge in [-0.2, -0.15) is 0 Å². The number of rotatable bonds is 1. The monoisotopic (exact) mass is 282 g/mol. The molecule has 0 aliphatic heterocycles. The molecule has 0 saturated carbocycles. The van der Waals surface area contributed by atoms with E-state index in [1.807, 2.05) is 41.5 Å². The zero-order valence-corrected chi connectivity index (χ0v) is 13.1. The Kier molecular flexibility index (Phi) is 4.05. The van der Waals surface area contributed by atoms with Crippen molar-refractivity contribution in [3.63, 3.8) is 0 Å². The van der Waals surface area contributed by atoms with Gasteiger partial charge in [-0.05, 0) is 12.2 Å². The Bertz CT molecular complexity index is 465. The summed E-state index contributed by atoms with van der Waals surface area (Å²) in [5.41, 5.74) is 6.00. The quantitative estimate of drug-likeness (QED) is 0.686. The average Bonchev–Trinajstić information content (AvgIpc) is 2.16. The van der Waals surface area contributed by atoms with Gasteiger partial charge in [-0.25, -0.2) is 9.97 Å². The molecule has 0 aromatic carbocycles. The Labute approximate surface area is 119 Å². The van der Waals surface area contributed by atoms with E-state index in [4.69, 9.17) is 18.0 Å². The third-order valence-corrected chi connectivity index (χ3v) is 2.64. The largest absolute Gasteiger partial charge is 0.504 e. The first-order chi connectivity index (χ1) is 8.43. The molecule has 0 aliphatic rings. The molecule has 0 spiro atoms. The van der Waals surface area contributed by atoms with Gasteiger partial charge in [0.15, 0.2) is 10.9 Å². The summed E-state index contributed by atoms with van der Waals surface area (Å²) >= 11 is 4.81. The minimum absolute atomic E-state index is 0.102. The molecule has 0 unspecified atom stereocenters. The van der Waals surface area contributed by atoms with Crippen LogP contribution in [0.15, 0.2) is 0 Å². The summed E-state index contributed by atoms with van der Waals surface area (Å²) in [5, 5.41) is 13.2. The molecule has 0 amide bonds. The topological polar surface area (TPSA) is 84.1 Å². The van der Waals surface area contributed by atoms with E-state index in [0.29, 0.717) is 17.3 Å². The number of aromatic hydroxyl groups is 1. The molecule has 1 aromatic heterocycles. The molecule has 1 heterocycles. The second-order valence-electron chi connectivity index (χ2n) is 6.58. The molecule has 4 N–H and O–H groups in total. The minimum Gasteiger partial charge on any atom is -0.504 e. The van der Waals surface area contributed by atoms with E-state index < -0.39 is 0 Å². The first-order valence-corrected chi connectivity index (χ1v) is 6.52. The predicted molar refractivity (Wildman–Crippen MR) is 81.5 cm³/mol. The van der Waals surface area contributed by atoms with Crippen LogP contribution < -0.4 is 11.1 Å². The lowest BCUT2D eigenvalue weighted by Crippen LogP contribution is -2.25. The van der Waals surface area contributed by atoms with Crippen molar-refractivity contribution in [2.24, 2.45) is 5.73 Å². The number of nitrogens with two attached hydrogens (primary N) is 1. The van der Waals surface area contributed by atoms with Crippen LogP contribution >= 0.6 is 12.2 Å². The normalized spacial score (nSPS) is 12.3. The van der Waals surface area contributed by atoms with E-state index in [2.05, 4.69) is 15.3 Å². The fourth-order valence-electron chi connectivity index (χ4n) is 1.67. The van der Waals surface area contributed by atoms with E-state index >= 15 is 0 Å². The van der Waals surface area contributed by atoms with Crippen LogP contribution in [-0.2, 0) is 10.8 Å². The highest BCUT2D eigenvalue weighted by Crippen LogP contribution is 2.37. The minimum atomic E-state index is -0.306. The summed E-state index contributed by atoms with van der Waals surface area (Å²) in [7, 11) is 0. The van der Waals surface area contributed by atoms with Crippen LogP contribution in [0.4, 0.5) is 5.95 Å². The van der Waals surface area contributed by atoms with Crippen molar-refractivity contribution < 1.29 is 5.11 Å². The SMILES string of the molecule is CC(C)(C)c1nc(NC(N)=S)nc(C(C)(C)C)c1O. The van der Waals surface area contributed by atoms with Crippen LogP contribution in [0.1, 0.15) is 52.9 Å². The Morgan fingerprint density at radius 1 is 1.05 bits per heavy atom. The van der Waals surface area contributed by atoms with E-state index in [1.54, 1.807) is 0 Å². The second kappa shape index (κ2) is 4.92. The van der Waals surface area contributed by atoms with E-state index in [0.717, 1.165) is 0 Å². The van der Waals surface area contributed by atoms with Crippen molar-refractivity contribution in [2.45, 2.75) is 52.4 Å². The van der Waals surface area contributed by atoms with Crippen LogP contribution in [0.5, 0.6) is 5.75 Å². The highest BCUT2D eigenvalue weighted by atomic mass is 32.1. The van der Waals surface area contributed by atoms with Crippen molar-refractivity contribution >= 4 is 23.3 Å². The maximum atomic E-state index is 10.4. The Balaban J connectivity index is 3.52. The van der Waals surface area contributed by atoms with Gasteiger partial charge in [-0.15, -0.1) is 0 Å². The average molecular weight is 282 g/mol. The van der Waals surface area contributed by atoms with Gasteiger partial charge >= 0.3 is 0 Å². The molecule has 106 valence electrons. The zero-order chi connectivity index (χ0) is 15.0. The molecule has 0 saturated heterocycles. The molecule has 0 bridgehead atoms. The van der Waals surface area contributed by atoms with Crippen LogP contribution in [-0.4, -0.2) is 20.2 Å². The summed E-state index contributed by atoms with van der Waals surface area (Å²) in [4.78, 5) is 8.64. The lowest BCUT2D eigenvalue weighted by molar-refractivity contribution is 0.407. The van der Waals surface area contributed by atoms with Gasteiger partial charge in [0.2, 0.25) is 5.95 Å². The molecular formula is C13H22N4OS. The maximum Gasteiger partial charge on any atom is 0.229 e. The van der Waals surface area contributed by atoms with Crippen LogP contribution in [0.2, 0.25) is 0 Å². The maximum absolute atomic E-state index is 10.4. The van der Waals surface area contributed by atoms with Gasteiger partial charge < -0.3 is 16.2 Å². The van der Waals surface area contributed by atoms with Crippen molar-refractivity contribution in [1.29, 1.82) is 0 Å². The number of aromatic nitrogens is 2. The van der Waals surface area contributed by atoms with Gasteiger partial charge in [0, 0.05) is 10.8 Å². The lowest BCUT2D eigenvalue weighted by atomic mass is 9.85. The first kappa shape index (κ1) is 15.6. The molecule has 0 atom stereocenters. The molecule has 0 aliphatic carbocycles. The number of nitrogens with one attached hydrogen (secondary N) is 1. The van der Waals surface area contributed by atoms with Gasteiger partial charge in [0.05, 0.1) is 11.4 Å². The summed E-state index contributed by atoms with van der Waals surface area (Å²) < 4.78 is 0. The van der Waals surface area contributed by atoms with Crippen molar-refractivity contribution in [3.05, 3.63) is 11.4 Å². The summed E-state index contributed by atoms with van der Waals surface area (Å²) in [6, 6.07) is 0. The van der Waals surface area contributed by atoms with Crippen LogP contribution in [0.3, 0.4) is 0 Å². The van der Waals surface area contributed by atoms with Crippen LogP contribution in [0, 0.1) is 0 Å². The number of anilines is 1. The van der Waals surface area contributed by atoms with Gasteiger partial charge in [-0.1, -0.05) is 41.5 Å². The molecule has 19 heavy (non-hydrogen) atoms. The van der Waals surface area contributed by atoms with Gasteiger partial charge in [0.25, 0.3) is 0 Å². The van der Waals surface area contributed by atoms with E-state index in [9.17, 15) is 5.11 Å². The first-order valence-electron chi connectivity index (χ1n) is 6.11. The Morgan fingerprint density at radius 2 is 1.42 bits per heavy atom. The van der Waals surface area contributed by atoms with Gasteiger partial charge in [-0.3, -0.25) is 0 Å². The predicted octanol–water partition coefficient (Wildman–Crippen LogP) is 2.43. The smallest absolute Gasteiger partial charge is 0.229 e. The van der Waals surface area contributed by atoms with Crippen molar-refractivity contribution in [3.8, 4) is 5.75 Å². The molecule has 0 fully saturated rings. The highest BCUT2D eigenvalue weighted by molar-refractivity contribution is 7.80. The van der Waals surface area contributed by atoms with Crippen LogP contribution in [0.25, 0.3) is 0 Å². The van der Waals surface area contributed by atoms with Crippen molar-refractivity contribution in [1.82, 2.24) is 9.97 Å². The number of thiocarbonyl (C=S) groups is 1. The Hall–Kier alpha value is -1.43. The molecule has 1 aromatic rings. The molecule has 0 radical (unpaired) electrons. The highest BCUT2D eigenvalue weighted by Gasteiger charge is 2.29. The fourth-order valence-corrected chi connectivity index (χ4v) is 1.76. The zero-order valence-electron chi connectivity index (χ0n) is 12.3. The van der Waals surface area contributed by atoms with E-state index in [1.165, 1.54) is 0 Å². The number of hydrogen-bond acceptors (Lipinski definition) is 4. The molecule has 6 heteroatoms. The third kappa shape index (κ3) is 3.76. The molecule has 5 nitrogen and oxygen atoms in total. The number of nitrogens with zero attached hydrogens (tertiary/aromatic N) is 2. The Morgan fingerprint density at radius 3 is 1.68 bits per heavy atom.